The molecule has 1 atom stereocenters. The SMILES string of the molecule is COc1ccc(CNC(=O)N[C@H](c2ccc3c(c2)OCCO3)C2CC2)cn1. The summed E-state index contributed by atoms with van der Waals surface area (Å²) in [5.74, 6) is 2.52. The molecule has 7 heteroatoms. The summed E-state index contributed by atoms with van der Waals surface area (Å²) in [6, 6.07) is 9.33. The standard InChI is InChI=1S/C20H23N3O4/c1-25-18-7-2-13(11-21-18)12-22-20(24)23-19(14-3-4-14)15-5-6-16-17(10-15)27-9-8-26-16/h2,5-7,10-11,14,19H,3-4,8-9,12H2,1H3,(H2,22,23,24)/t19-/m0/s1. The van der Waals surface area contributed by atoms with Gasteiger partial charge >= 0.3 is 6.03 Å². The van der Waals surface area contributed by atoms with Crippen LogP contribution in [0.5, 0.6) is 17.4 Å². The number of benzene rings is 1. The van der Waals surface area contributed by atoms with E-state index in [1.54, 1.807) is 19.4 Å². The van der Waals surface area contributed by atoms with Crippen LogP contribution in [0.25, 0.3) is 0 Å². The number of carbonyl (C=O) groups is 1. The molecule has 1 aromatic carbocycles. The van der Waals surface area contributed by atoms with Crippen LogP contribution in [-0.4, -0.2) is 31.3 Å². The summed E-state index contributed by atoms with van der Waals surface area (Å²) in [5.41, 5.74) is 1.95. The van der Waals surface area contributed by atoms with Gasteiger partial charge in [0.1, 0.15) is 13.2 Å². The Morgan fingerprint density at radius 2 is 2.04 bits per heavy atom. The lowest BCUT2D eigenvalue weighted by Gasteiger charge is -2.23. The van der Waals surface area contributed by atoms with Crippen molar-refractivity contribution in [3.8, 4) is 17.4 Å². The lowest BCUT2D eigenvalue weighted by atomic mass is 10.0. The number of fused-ring (bicyclic) bond motifs is 1. The summed E-state index contributed by atoms with van der Waals surface area (Å²) in [4.78, 5) is 16.6. The minimum absolute atomic E-state index is 0.0326. The molecule has 0 spiro atoms. The number of urea groups is 1. The molecule has 0 bridgehead atoms. The Morgan fingerprint density at radius 1 is 1.22 bits per heavy atom. The molecule has 2 amide bonds. The number of pyridine rings is 1. The topological polar surface area (TPSA) is 81.7 Å². The fraction of sp³-hybridized carbons (Fsp3) is 0.400. The normalized spacial score (nSPS) is 16.3. The van der Waals surface area contributed by atoms with Crippen molar-refractivity contribution in [1.82, 2.24) is 15.6 Å². The Morgan fingerprint density at radius 3 is 2.74 bits per heavy atom. The Bertz CT molecular complexity index is 805. The van der Waals surface area contributed by atoms with E-state index < -0.39 is 0 Å². The van der Waals surface area contributed by atoms with Crippen LogP contribution in [0.15, 0.2) is 36.5 Å². The predicted octanol–water partition coefficient (Wildman–Crippen LogP) is 2.81. The minimum Gasteiger partial charge on any atom is -0.486 e. The van der Waals surface area contributed by atoms with Crippen LogP contribution in [0, 0.1) is 5.92 Å². The summed E-state index contributed by atoms with van der Waals surface area (Å²) in [7, 11) is 1.57. The Kier molecular flexibility index (Phi) is 5.00. The highest BCUT2D eigenvalue weighted by Crippen LogP contribution is 2.43. The van der Waals surface area contributed by atoms with Gasteiger partial charge in [-0.25, -0.2) is 9.78 Å². The van der Waals surface area contributed by atoms with Crippen LogP contribution in [-0.2, 0) is 6.54 Å². The van der Waals surface area contributed by atoms with Crippen LogP contribution in [0.4, 0.5) is 4.79 Å². The third-order valence-corrected chi connectivity index (χ3v) is 4.77. The first-order chi connectivity index (χ1) is 13.2. The van der Waals surface area contributed by atoms with E-state index in [1.807, 2.05) is 24.3 Å². The number of methoxy groups -OCH3 is 1. The molecule has 1 aliphatic heterocycles. The molecule has 1 aliphatic carbocycles. The summed E-state index contributed by atoms with van der Waals surface area (Å²) < 4.78 is 16.3. The van der Waals surface area contributed by atoms with Gasteiger partial charge in [0.15, 0.2) is 11.5 Å². The summed E-state index contributed by atoms with van der Waals surface area (Å²) >= 11 is 0. The number of hydrogen-bond acceptors (Lipinski definition) is 5. The van der Waals surface area contributed by atoms with E-state index in [-0.39, 0.29) is 12.1 Å². The monoisotopic (exact) mass is 369 g/mol. The van der Waals surface area contributed by atoms with Gasteiger partial charge in [-0.2, -0.15) is 0 Å². The van der Waals surface area contributed by atoms with Crippen molar-refractivity contribution in [3.05, 3.63) is 47.7 Å². The van der Waals surface area contributed by atoms with Crippen molar-refractivity contribution in [1.29, 1.82) is 0 Å². The quantitative estimate of drug-likeness (QED) is 0.818. The van der Waals surface area contributed by atoms with Crippen molar-refractivity contribution in [3.63, 3.8) is 0 Å². The van der Waals surface area contributed by atoms with E-state index in [1.165, 1.54) is 0 Å². The van der Waals surface area contributed by atoms with E-state index in [0.29, 0.717) is 31.6 Å². The molecular formula is C20H23N3O4. The number of aromatic nitrogens is 1. The van der Waals surface area contributed by atoms with Crippen LogP contribution >= 0.6 is 0 Å². The Labute approximate surface area is 158 Å². The molecule has 1 aromatic heterocycles. The molecule has 27 heavy (non-hydrogen) atoms. The highest BCUT2D eigenvalue weighted by Gasteiger charge is 2.34. The van der Waals surface area contributed by atoms with E-state index >= 15 is 0 Å². The maximum absolute atomic E-state index is 12.4. The summed E-state index contributed by atoms with van der Waals surface area (Å²) in [6.45, 7) is 1.52. The average molecular weight is 369 g/mol. The number of ether oxygens (including phenoxy) is 3. The van der Waals surface area contributed by atoms with E-state index in [9.17, 15) is 4.79 Å². The van der Waals surface area contributed by atoms with Crippen molar-refractivity contribution >= 4 is 6.03 Å². The molecule has 2 heterocycles. The fourth-order valence-electron chi connectivity index (χ4n) is 3.17. The van der Waals surface area contributed by atoms with E-state index in [0.717, 1.165) is 35.5 Å². The molecule has 2 N–H and O–H groups in total. The Hall–Kier alpha value is -2.96. The zero-order valence-electron chi connectivity index (χ0n) is 15.2. The van der Waals surface area contributed by atoms with Gasteiger partial charge in [0.2, 0.25) is 5.88 Å². The molecular weight excluding hydrogens is 346 g/mol. The minimum atomic E-state index is -0.197. The molecule has 0 unspecified atom stereocenters. The van der Waals surface area contributed by atoms with Gasteiger partial charge in [0.25, 0.3) is 0 Å². The number of nitrogens with one attached hydrogen (secondary N) is 2. The predicted molar refractivity (Wildman–Crippen MR) is 99.1 cm³/mol. The van der Waals surface area contributed by atoms with Gasteiger partial charge in [-0.3, -0.25) is 0 Å². The van der Waals surface area contributed by atoms with Gasteiger partial charge in [0, 0.05) is 18.8 Å². The molecule has 1 saturated carbocycles. The van der Waals surface area contributed by atoms with E-state index in [2.05, 4.69) is 15.6 Å². The molecule has 7 nitrogen and oxygen atoms in total. The third kappa shape index (κ3) is 4.24. The highest BCUT2D eigenvalue weighted by atomic mass is 16.6. The number of rotatable bonds is 6. The van der Waals surface area contributed by atoms with Crippen LogP contribution < -0.4 is 24.8 Å². The number of carbonyl (C=O) groups excluding carboxylic acids is 1. The first-order valence-electron chi connectivity index (χ1n) is 9.16. The molecule has 142 valence electrons. The fourth-order valence-corrected chi connectivity index (χ4v) is 3.17. The number of nitrogens with zero attached hydrogens (tertiary/aromatic N) is 1. The zero-order valence-corrected chi connectivity index (χ0v) is 15.2. The maximum Gasteiger partial charge on any atom is 0.315 e. The lowest BCUT2D eigenvalue weighted by Crippen LogP contribution is -2.38. The van der Waals surface area contributed by atoms with Crippen molar-refractivity contribution in [2.24, 2.45) is 5.92 Å². The number of amides is 2. The van der Waals surface area contributed by atoms with Gasteiger partial charge in [-0.15, -0.1) is 0 Å². The van der Waals surface area contributed by atoms with Gasteiger partial charge in [-0.1, -0.05) is 12.1 Å². The Balaban J connectivity index is 1.38. The third-order valence-electron chi connectivity index (χ3n) is 4.77. The summed E-state index contributed by atoms with van der Waals surface area (Å²) in [6.07, 6.45) is 3.92. The van der Waals surface area contributed by atoms with Gasteiger partial charge in [0.05, 0.1) is 13.2 Å². The van der Waals surface area contributed by atoms with Crippen molar-refractivity contribution in [2.45, 2.75) is 25.4 Å². The summed E-state index contributed by atoms with van der Waals surface area (Å²) in [5, 5.41) is 6.00. The molecule has 0 radical (unpaired) electrons. The van der Waals surface area contributed by atoms with Crippen LogP contribution in [0.1, 0.15) is 30.0 Å². The zero-order chi connectivity index (χ0) is 18.6. The maximum atomic E-state index is 12.4. The van der Waals surface area contributed by atoms with Crippen molar-refractivity contribution in [2.75, 3.05) is 20.3 Å². The van der Waals surface area contributed by atoms with Gasteiger partial charge < -0.3 is 24.8 Å². The second-order valence-corrected chi connectivity index (χ2v) is 6.75. The molecule has 0 saturated heterocycles. The molecule has 2 aromatic rings. The van der Waals surface area contributed by atoms with Crippen molar-refractivity contribution < 1.29 is 19.0 Å². The largest absolute Gasteiger partial charge is 0.486 e. The van der Waals surface area contributed by atoms with Gasteiger partial charge in [-0.05, 0) is 42.0 Å². The van der Waals surface area contributed by atoms with E-state index in [4.69, 9.17) is 14.2 Å². The highest BCUT2D eigenvalue weighted by molar-refractivity contribution is 5.74. The first kappa shape index (κ1) is 17.5. The van der Waals surface area contributed by atoms with Crippen LogP contribution in [0.2, 0.25) is 0 Å². The molecule has 4 rings (SSSR count). The molecule has 1 fully saturated rings. The number of hydrogen-bond donors (Lipinski definition) is 2. The second-order valence-electron chi connectivity index (χ2n) is 6.75. The molecule has 2 aliphatic rings. The second kappa shape index (κ2) is 7.73. The lowest BCUT2D eigenvalue weighted by molar-refractivity contribution is 0.171. The first-order valence-corrected chi connectivity index (χ1v) is 9.16. The smallest absolute Gasteiger partial charge is 0.315 e. The van der Waals surface area contributed by atoms with Crippen LogP contribution in [0.3, 0.4) is 0 Å². The average Bonchev–Trinajstić information content (AvgIpc) is 3.55.